The summed E-state index contributed by atoms with van der Waals surface area (Å²) in [5, 5.41) is 5.37. The van der Waals surface area contributed by atoms with Crippen LogP contribution in [-0.2, 0) is 6.61 Å². The van der Waals surface area contributed by atoms with E-state index in [4.69, 9.17) is 14.5 Å². The van der Waals surface area contributed by atoms with Crippen molar-refractivity contribution < 1.29 is 18.3 Å². The Balaban J connectivity index is 1.37. The summed E-state index contributed by atoms with van der Waals surface area (Å²) in [6.45, 7) is 2.14. The molecule has 0 amide bonds. The normalized spacial score (nSPS) is 11.7. The molecule has 0 unspecified atom stereocenters. The monoisotopic (exact) mass is 503 g/mol. The summed E-state index contributed by atoms with van der Waals surface area (Å²) >= 11 is 1.30. The van der Waals surface area contributed by atoms with E-state index >= 15 is 0 Å². The molecule has 36 heavy (non-hydrogen) atoms. The number of pyridine rings is 1. The molecule has 0 N–H and O–H groups in total. The number of hydrogen-bond acceptors (Lipinski definition) is 7. The zero-order valence-corrected chi connectivity index (χ0v) is 20.1. The van der Waals surface area contributed by atoms with Gasteiger partial charge in [0.25, 0.3) is 6.43 Å². The number of fused-ring (bicyclic) bond motifs is 5. The fourth-order valence-corrected chi connectivity index (χ4v) is 5.35. The van der Waals surface area contributed by atoms with Crippen LogP contribution in [0.3, 0.4) is 0 Å². The zero-order valence-electron chi connectivity index (χ0n) is 19.3. The molecule has 180 valence electrons. The number of ether oxygens (including phenoxy) is 2. The zero-order chi connectivity index (χ0) is 24.8. The molecule has 2 aromatic carbocycles. The molecule has 7 nitrogen and oxygen atoms in total. The highest BCUT2D eigenvalue weighted by Gasteiger charge is 2.19. The summed E-state index contributed by atoms with van der Waals surface area (Å²) in [6.07, 6.45) is -1.04. The van der Waals surface area contributed by atoms with Gasteiger partial charge in [0, 0.05) is 10.9 Å². The van der Waals surface area contributed by atoms with Gasteiger partial charge in [-0.3, -0.25) is 0 Å². The van der Waals surface area contributed by atoms with E-state index in [0.29, 0.717) is 45.5 Å². The topological polar surface area (TPSA) is 74.4 Å². The van der Waals surface area contributed by atoms with E-state index in [2.05, 4.69) is 15.1 Å². The van der Waals surface area contributed by atoms with Crippen LogP contribution in [0, 0.1) is 6.92 Å². The van der Waals surface area contributed by atoms with Crippen molar-refractivity contribution in [3.05, 3.63) is 77.7 Å². The summed E-state index contributed by atoms with van der Waals surface area (Å²) in [7, 11) is 1.61. The van der Waals surface area contributed by atoms with Crippen molar-refractivity contribution in [2.24, 2.45) is 0 Å². The van der Waals surface area contributed by atoms with Gasteiger partial charge in [0.15, 0.2) is 23.0 Å². The SMILES string of the molecule is COc1ccccc1OCc1cccc(-c2nc3c4sc5nc(C(F)F)cc(C)c5c4ncn3n2)c1. The van der Waals surface area contributed by atoms with E-state index in [9.17, 15) is 8.78 Å². The van der Waals surface area contributed by atoms with Gasteiger partial charge < -0.3 is 9.47 Å². The van der Waals surface area contributed by atoms with E-state index in [-0.39, 0.29) is 5.69 Å². The van der Waals surface area contributed by atoms with Gasteiger partial charge in [0.05, 0.1) is 12.6 Å². The third-order valence-corrected chi connectivity index (χ3v) is 6.93. The lowest BCUT2D eigenvalue weighted by Gasteiger charge is -2.10. The van der Waals surface area contributed by atoms with Gasteiger partial charge in [-0.1, -0.05) is 30.3 Å². The van der Waals surface area contributed by atoms with Gasteiger partial charge in [0.1, 0.15) is 28.2 Å². The second-order valence-electron chi connectivity index (χ2n) is 8.21. The molecule has 0 bridgehead atoms. The van der Waals surface area contributed by atoms with E-state index < -0.39 is 6.43 Å². The first kappa shape index (κ1) is 22.3. The van der Waals surface area contributed by atoms with Crippen molar-refractivity contribution in [1.82, 2.24) is 24.6 Å². The highest BCUT2D eigenvalue weighted by molar-refractivity contribution is 7.26. The second-order valence-corrected chi connectivity index (χ2v) is 9.21. The molecule has 0 aliphatic heterocycles. The Morgan fingerprint density at radius 1 is 1.03 bits per heavy atom. The van der Waals surface area contributed by atoms with E-state index in [1.807, 2.05) is 48.5 Å². The third kappa shape index (κ3) is 3.79. The highest BCUT2D eigenvalue weighted by Crippen LogP contribution is 2.37. The van der Waals surface area contributed by atoms with Crippen LogP contribution in [0.1, 0.15) is 23.2 Å². The van der Waals surface area contributed by atoms with Crippen LogP contribution in [-0.4, -0.2) is 31.7 Å². The Bertz CT molecular complexity index is 1750. The fraction of sp³-hybridized carbons (Fsp3) is 0.154. The highest BCUT2D eigenvalue weighted by atomic mass is 32.1. The minimum Gasteiger partial charge on any atom is -0.493 e. The summed E-state index contributed by atoms with van der Waals surface area (Å²) in [5.41, 5.74) is 3.53. The quantitative estimate of drug-likeness (QED) is 0.262. The van der Waals surface area contributed by atoms with Crippen LogP contribution in [0.4, 0.5) is 8.78 Å². The number of para-hydroxylation sites is 2. The van der Waals surface area contributed by atoms with Gasteiger partial charge >= 0.3 is 0 Å². The lowest BCUT2D eigenvalue weighted by atomic mass is 10.1. The van der Waals surface area contributed by atoms with Gasteiger partial charge in [0.2, 0.25) is 0 Å². The molecule has 4 heterocycles. The smallest absolute Gasteiger partial charge is 0.280 e. The number of methoxy groups -OCH3 is 1. The predicted octanol–water partition coefficient (Wildman–Crippen LogP) is 6.39. The minimum atomic E-state index is -2.63. The molecule has 4 aromatic heterocycles. The van der Waals surface area contributed by atoms with Crippen LogP contribution in [0.5, 0.6) is 11.5 Å². The van der Waals surface area contributed by atoms with Crippen molar-refractivity contribution in [1.29, 1.82) is 0 Å². The molecule has 10 heteroatoms. The molecule has 0 spiro atoms. The van der Waals surface area contributed by atoms with Gasteiger partial charge in [-0.05, 0) is 42.3 Å². The molecule has 6 aromatic rings. The summed E-state index contributed by atoms with van der Waals surface area (Å²) in [5.74, 6) is 1.85. The van der Waals surface area contributed by atoms with Crippen molar-refractivity contribution in [3.63, 3.8) is 0 Å². The minimum absolute atomic E-state index is 0.239. The molecular weight excluding hydrogens is 484 g/mol. The number of benzene rings is 2. The number of alkyl halides is 2. The molecule has 0 atom stereocenters. The van der Waals surface area contributed by atoms with E-state index in [1.165, 1.54) is 17.4 Å². The average molecular weight is 504 g/mol. The number of hydrogen-bond donors (Lipinski definition) is 0. The Kier molecular flexibility index (Phi) is 5.45. The summed E-state index contributed by atoms with van der Waals surface area (Å²) in [6, 6.07) is 16.7. The Labute approximate surface area is 208 Å². The van der Waals surface area contributed by atoms with Crippen molar-refractivity contribution in [2.75, 3.05) is 7.11 Å². The maximum absolute atomic E-state index is 13.3. The molecule has 0 aliphatic rings. The van der Waals surface area contributed by atoms with Crippen molar-refractivity contribution >= 4 is 37.4 Å². The first-order valence-electron chi connectivity index (χ1n) is 11.1. The van der Waals surface area contributed by atoms with Crippen molar-refractivity contribution in [3.8, 4) is 22.9 Å². The van der Waals surface area contributed by atoms with Gasteiger partial charge in [-0.2, -0.15) is 0 Å². The van der Waals surface area contributed by atoms with E-state index in [1.54, 1.807) is 24.9 Å². The second kappa shape index (κ2) is 8.80. The molecule has 0 saturated carbocycles. The molecule has 0 fully saturated rings. The number of thiophene rings is 1. The van der Waals surface area contributed by atoms with Crippen LogP contribution < -0.4 is 9.47 Å². The molecular formula is C26H19F2N5O2S. The van der Waals surface area contributed by atoms with Gasteiger partial charge in [-0.25, -0.2) is 28.2 Å². The molecule has 0 aliphatic carbocycles. The summed E-state index contributed by atoms with van der Waals surface area (Å²) in [4.78, 5) is 14.0. The number of aryl methyl sites for hydroxylation is 1. The van der Waals surface area contributed by atoms with Gasteiger partial charge in [-0.15, -0.1) is 16.4 Å². The molecule has 0 saturated heterocycles. The fourth-order valence-electron chi connectivity index (χ4n) is 4.17. The van der Waals surface area contributed by atoms with Crippen molar-refractivity contribution in [2.45, 2.75) is 20.0 Å². The van der Waals surface area contributed by atoms with Crippen LogP contribution in [0.15, 0.2) is 60.9 Å². The Morgan fingerprint density at radius 2 is 1.86 bits per heavy atom. The Hall–Kier alpha value is -4.18. The molecule has 0 radical (unpaired) electrons. The number of nitrogens with zero attached hydrogens (tertiary/aromatic N) is 5. The number of rotatable bonds is 6. The maximum Gasteiger partial charge on any atom is 0.280 e. The molecule has 6 rings (SSSR count). The maximum atomic E-state index is 13.3. The van der Waals surface area contributed by atoms with Crippen LogP contribution in [0.25, 0.3) is 37.5 Å². The number of aromatic nitrogens is 5. The lowest BCUT2D eigenvalue weighted by molar-refractivity contribution is 0.146. The predicted molar refractivity (Wildman–Crippen MR) is 134 cm³/mol. The summed E-state index contributed by atoms with van der Waals surface area (Å²) < 4.78 is 40.2. The largest absolute Gasteiger partial charge is 0.493 e. The van der Waals surface area contributed by atoms with E-state index in [0.717, 1.165) is 21.2 Å². The average Bonchev–Trinajstić information content (AvgIpc) is 3.49. The van der Waals surface area contributed by atoms with Crippen LogP contribution >= 0.6 is 11.3 Å². The first-order valence-corrected chi connectivity index (χ1v) is 11.9. The standard InChI is InChI=1S/C26H19F2N5O2S/c1-14-10-17(23(27)28)30-26-20(14)21-22(36-26)25-31-24(32-33(25)13-29-21)16-7-5-6-15(11-16)12-35-19-9-4-3-8-18(19)34-2/h3-11,13,23H,12H2,1-2H3. The first-order chi connectivity index (χ1) is 17.5. The Morgan fingerprint density at radius 3 is 2.67 bits per heavy atom. The lowest BCUT2D eigenvalue weighted by Crippen LogP contribution is -1.98. The van der Waals surface area contributed by atoms with Crippen LogP contribution in [0.2, 0.25) is 0 Å². The number of halogens is 2. The third-order valence-electron chi connectivity index (χ3n) is 5.86.